The van der Waals surface area contributed by atoms with Crippen molar-refractivity contribution in [3.8, 4) is 0 Å². The molecule has 1 N–H and O–H groups in total. The Balaban J connectivity index is 1.25. The molecule has 0 saturated carbocycles. The van der Waals surface area contributed by atoms with Crippen LogP contribution in [0.4, 0.5) is 0 Å². The summed E-state index contributed by atoms with van der Waals surface area (Å²) in [6.45, 7) is 3.45. The lowest BCUT2D eigenvalue weighted by Gasteiger charge is -2.28. The van der Waals surface area contributed by atoms with Crippen molar-refractivity contribution < 1.29 is 14.3 Å². The van der Waals surface area contributed by atoms with E-state index in [2.05, 4.69) is 32.3 Å². The number of carbonyl (C=O) groups excluding carboxylic acids is 2. The zero-order valence-corrected chi connectivity index (χ0v) is 15.8. The fourth-order valence-corrected chi connectivity index (χ4v) is 3.60. The summed E-state index contributed by atoms with van der Waals surface area (Å²) in [5.74, 6) is 0.113. The quantitative estimate of drug-likeness (QED) is 0.772. The Morgan fingerprint density at radius 2 is 2.00 bits per heavy atom. The summed E-state index contributed by atoms with van der Waals surface area (Å²) >= 11 is 0. The Bertz CT molecular complexity index is 866. The van der Waals surface area contributed by atoms with Gasteiger partial charge in [-0.1, -0.05) is 24.3 Å². The molecule has 3 heterocycles. The number of hydrogen-bond donors (Lipinski definition) is 1. The summed E-state index contributed by atoms with van der Waals surface area (Å²) < 4.78 is 5.17. The molecule has 2 aliphatic rings. The van der Waals surface area contributed by atoms with Gasteiger partial charge < -0.3 is 10.1 Å². The van der Waals surface area contributed by atoms with Crippen LogP contribution in [0, 0.1) is 5.92 Å². The lowest BCUT2D eigenvalue weighted by Crippen LogP contribution is -2.39. The van der Waals surface area contributed by atoms with Crippen LogP contribution in [0.1, 0.15) is 27.3 Å². The maximum Gasteiger partial charge on any atom is 0.270 e. The highest BCUT2D eigenvalue weighted by atomic mass is 16.5. The lowest BCUT2D eigenvalue weighted by atomic mass is 10.00. The number of Topliss-reactive ketones (excluding diaryl/α,β-unsaturated/α-hetero) is 1. The minimum absolute atomic E-state index is 0.00590. The fourth-order valence-electron chi connectivity index (χ4n) is 3.60. The molecule has 2 aliphatic heterocycles. The maximum absolute atomic E-state index is 12.3. The van der Waals surface area contributed by atoms with Crippen LogP contribution >= 0.6 is 0 Å². The van der Waals surface area contributed by atoms with Gasteiger partial charge in [-0.15, -0.1) is 0 Å². The van der Waals surface area contributed by atoms with Gasteiger partial charge in [0, 0.05) is 24.7 Å². The second kappa shape index (κ2) is 8.58. The largest absolute Gasteiger partial charge is 0.381 e. The number of nitrogens with zero attached hydrogens (tertiary/aromatic N) is 3. The molecule has 1 aromatic heterocycles. The average molecular weight is 380 g/mol. The van der Waals surface area contributed by atoms with Gasteiger partial charge in [-0.25, -0.2) is 9.97 Å². The van der Waals surface area contributed by atoms with Crippen LogP contribution in [0.3, 0.4) is 0 Å². The van der Waals surface area contributed by atoms with E-state index in [-0.39, 0.29) is 18.2 Å². The Morgan fingerprint density at radius 1 is 1.18 bits per heavy atom. The number of ether oxygens (including phenoxy) is 1. The molecule has 0 atom stereocenters. The van der Waals surface area contributed by atoms with Crippen molar-refractivity contribution in [2.24, 2.45) is 5.92 Å². The van der Waals surface area contributed by atoms with Crippen molar-refractivity contribution in [1.29, 1.82) is 0 Å². The molecule has 0 bridgehead atoms. The number of benzene rings is 1. The maximum atomic E-state index is 12.3. The highest BCUT2D eigenvalue weighted by Gasteiger charge is 2.21. The third-order valence-corrected chi connectivity index (χ3v) is 5.22. The first-order valence-electron chi connectivity index (χ1n) is 9.65. The van der Waals surface area contributed by atoms with Gasteiger partial charge in [0.05, 0.1) is 26.3 Å². The molecule has 0 spiro atoms. The second-order valence-electron chi connectivity index (χ2n) is 7.45. The number of rotatable bonds is 7. The summed E-state index contributed by atoms with van der Waals surface area (Å²) in [5, 5.41) is 2.69. The van der Waals surface area contributed by atoms with E-state index in [0.717, 1.165) is 44.8 Å². The third-order valence-electron chi connectivity index (χ3n) is 5.22. The van der Waals surface area contributed by atoms with E-state index in [1.165, 1.54) is 17.5 Å². The number of amides is 1. The standard InChI is InChI=1S/C21H24N4O3/c26-19(11-25-6-5-16-3-1-2-4-17(16)10-25)9-22-21(27)20-8-18(23-14-24-20)7-15-12-28-13-15/h1-4,8,14-15H,5-7,9-13H2,(H,22,27). The van der Waals surface area contributed by atoms with Crippen LogP contribution < -0.4 is 5.32 Å². The minimum atomic E-state index is -0.342. The highest BCUT2D eigenvalue weighted by Crippen LogP contribution is 2.18. The predicted molar refractivity (Wildman–Crippen MR) is 103 cm³/mol. The molecule has 7 nitrogen and oxygen atoms in total. The molecular weight excluding hydrogens is 356 g/mol. The van der Waals surface area contributed by atoms with Gasteiger partial charge in [0.15, 0.2) is 5.78 Å². The molecule has 0 unspecified atom stereocenters. The van der Waals surface area contributed by atoms with Gasteiger partial charge in [-0.2, -0.15) is 0 Å². The fraction of sp³-hybridized carbons (Fsp3) is 0.429. The number of hydrogen-bond acceptors (Lipinski definition) is 6. The van der Waals surface area contributed by atoms with Gasteiger partial charge >= 0.3 is 0 Å². The SMILES string of the molecule is O=C(CNC(=O)c1cc(CC2COC2)ncn1)CN1CCc2ccccc2C1. The normalized spacial score (nSPS) is 16.9. The van der Waals surface area contributed by atoms with E-state index in [0.29, 0.717) is 18.2 Å². The topological polar surface area (TPSA) is 84.4 Å². The zero-order chi connectivity index (χ0) is 19.3. The van der Waals surface area contributed by atoms with E-state index in [1.54, 1.807) is 6.07 Å². The van der Waals surface area contributed by atoms with Crippen molar-refractivity contribution in [2.45, 2.75) is 19.4 Å². The Hall–Kier alpha value is -2.64. The second-order valence-corrected chi connectivity index (χ2v) is 7.45. The summed E-state index contributed by atoms with van der Waals surface area (Å²) in [6.07, 6.45) is 3.13. The van der Waals surface area contributed by atoms with Gasteiger partial charge in [0.1, 0.15) is 12.0 Å². The van der Waals surface area contributed by atoms with Gasteiger partial charge in [0.2, 0.25) is 0 Å². The number of nitrogens with one attached hydrogen (secondary N) is 1. The van der Waals surface area contributed by atoms with Crippen LogP contribution in [0.15, 0.2) is 36.7 Å². The third kappa shape index (κ3) is 4.61. The molecule has 4 rings (SSSR count). The van der Waals surface area contributed by atoms with Crippen molar-refractivity contribution in [1.82, 2.24) is 20.2 Å². The van der Waals surface area contributed by atoms with Crippen LogP contribution in [0.2, 0.25) is 0 Å². The van der Waals surface area contributed by atoms with Crippen molar-refractivity contribution in [3.05, 3.63) is 59.2 Å². The Labute approximate surface area is 164 Å². The van der Waals surface area contributed by atoms with Crippen LogP contribution in [0.5, 0.6) is 0 Å². The number of ketones is 1. The average Bonchev–Trinajstić information content (AvgIpc) is 2.69. The molecule has 146 valence electrons. The van der Waals surface area contributed by atoms with Crippen molar-refractivity contribution in [2.75, 3.05) is 32.8 Å². The smallest absolute Gasteiger partial charge is 0.270 e. The molecular formula is C21H24N4O3. The highest BCUT2D eigenvalue weighted by molar-refractivity contribution is 5.95. The van der Waals surface area contributed by atoms with E-state index in [4.69, 9.17) is 4.74 Å². The number of aromatic nitrogens is 2. The summed E-state index contributed by atoms with van der Waals surface area (Å²) in [4.78, 5) is 35.0. The van der Waals surface area contributed by atoms with E-state index >= 15 is 0 Å². The number of carbonyl (C=O) groups is 2. The van der Waals surface area contributed by atoms with Crippen LogP contribution in [-0.2, 0) is 28.9 Å². The molecule has 7 heteroatoms. The van der Waals surface area contributed by atoms with Crippen molar-refractivity contribution >= 4 is 11.7 Å². The molecule has 1 amide bonds. The molecule has 2 aromatic rings. The van der Waals surface area contributed by atoms with Crippen molar-refractivity contribution in [3.63, 3.8) is 0 Å². The first kappa shape index (κ1) is 18.7. The summed E-state index contributed by atoms with van der Waals surface area (Å²) in [6, 6.07) is 10.0. The minimum Gasteiger partial charge on any atom is -0.381 e. The predicted octanol–water partition coefficient (Wildman–Crippen LogP) is 1.02. The van der Waals surface area contributed by atoms with Crippen LogP contribution in [0.25, 0.3) is 0 Å². The van der Waals surface area contributed by atoms with Gasteiger partial charge in [-0.05, 0) is 30.0 Å². The monoisotopic (exact) mass is 380 g/mol. The van der Waals surface area contributed by atoms with E-state index < -0.39 is 0 Å². The molecule has 1 fully saturated rings. The van der Waals surface area contributed by atoms with Gasteiger partial charge in [-0.3, -0.25) is 14.5 Å². The first-order valence-corrected chi connectivity index (χ1v) is 9.65. The number of fused-ring (bicyclic) bond motifs is 1. The Morgan fingerprint density at radius 3 is 2.79 bits per heavy atom. The molecule has 0 radical (unpaired) electrons. The summed E-state index contributed by atoms with van der Waals surface area (Å²) in [7, 11) is 0. The van der Waals surface area contributed by atoms with Crippen LogP contribution in [-0.4, -0.2) is 59.4 Å². The summed E-state index contributed by atoms with van der Waals surface area (Å²) in [5.41, 5.74) is 3.75. The molecule has 0 aliphatic carbocycles. The van der Waals surface area contributed by atoms with E-state index in [1.807, 2.05) is 12.1 Å². The zero-order valence-electron chi connectivity index (χ0n) is 15.8. The molecule has 28 heavy (non-hydrogen) atoms. The Kier molecular flexibility index (Phi) is 5.73. The molecule has 1 saturated heterocycles. The lowest BCUT2D eigenvalue weighted by molar-refractivity contribution is -0.119. The van der Waals surface area contributed by atoms with E-state index in [9.17, 15) is 9.59 Å². The molecule has 1 aromatic carbocycles. The van der Waals surface area contributed by atoms with Gasteiger partial charge in [0.25, 0.3) is 5.91 Å². The first-order chi connectivity index (χ1) is 13.7.